The van der Waals surface area contributed by atoms with Crippen LogP contribution in [0.4, 0.5) is 0 Å². The maximum absolute atomic E-state index is 13.1. The number of rotatable bonds is 6. The Morgan fingerprint density at radius 1 is 0.912 bits per heavy atom. The number of hydrogen-bond donors (Lipinski definition) is 1. The van der Waals surface area contributed by atoms with Crippen LogP contribution in [0.5, 0.6) is 5.75 Å². The van der Waals surface area contributed by atoms with Gasteiger partial charge in [-0.3, -0.25) is 4.79 Å². The van der Waals surface area contributed by atoms with E-state index in [2.05, 4.69) is 5.32 Å². The number of nitrogens with one attached hydrogen (secondary N) is 1. The minimum Gasteiger partial charge on any atom is -0.423 e. The topological polar surface area (TPSA) is 85.6 Å². The number of carbonyl (C=O) groups is 2. The van der Waals surface area contributed by atoms with E-state index in [1.165, 1.54) is 12.1 Å². The summed E-state index contributed by atoms with van der Waals surface area (Å²) in [5, 5.41) is 3.21. The first kappa shape index (κ1) is 22.7. The van der Waals surface area contributed by atoms with E-state index in [0.29, 0.717) is 16.5 Å². The van der Waals surface area contributed by atoms with Gasteiger partial charge in [0, 0.05) is 17.5 Å². The summed E-state index contributed by atoms with van der Waals surface area (Å²) in [5.41, 5.74) is 1.32. The fourth-order valence-corrected chi connectivity index (χ4v) is 3.41. The minimum atomic E-state index is -0.761. The summed E-state index contributed by atoms with van der Waals surface area (Å²) in [7, 11) is 0. The number of fused-ring (bicyclic) bond motifs is 1. The standard InChI is InChI=1S/C28H23NO5/c1-18(2)29-26(30)24-16-21-13-14-22(17-25(21)34-28(24)32)33-27(31)23(20-11-7-4-8-12-20)15-19-9-5-3-6-10-19/h3-18H,1-2H3,(H,29,30)/b23-15+. The summed E-state index contributed by atoms with van der Waals surface area (Å²) in [6, 6.07) is 24.7. The monoisotopic (exact) mass is 453 g/mol. The van der Waals surface area contributed by atoms with Crippen molar-refractivity contribution in [2.24, 2.45) is 0 Å². The van der Waals surface area contributed by atoms with Crippen LogP contribution in [-0.4, -0.2) is 17.9 Å². The van der Waals surface area contributed by atoms with Crippen molar-refractivity contribution in [3.8, 4) is 5.75 Å². The van der Waals surface area contributed by atoms with Crippen LogP contribution in [0.3, 0.4) is 0 Å². The Bertz CT molecular complexity index is 1420. The summed E-state index contributed by atoms with van der Waals surface area (Å²) in [6.45, 7) is 3.61. The Balaban J connectivity index is 1.65. The molecule has 170 valence electrons. The van der Waals surface area contributed by atoms with Gasteiger partial charge in [0.25, 0.3) is 5.91 Å². The second-order valence-corrected chi connectivity index (χ2v) is 8.00. The van der Waals surface area contributed by atoms with Crippen LogP contribution in [-0.2, 0) is 4.79 Å². The van der Waals surface area contributed by atoms with E-state index in [4.69, 9.17) is 9.15 Å². The summed E-state index contributed by atoms with van der Waals surface area (Å²) < 4.78 is 11.0. The van der Waals surface area contributed by atoms with Gasteiger partial charge in [-0.2, -0.15) is 0 Å². The second kappa shape index (κ2) is 10.0. The van der Waals surface area contributed by atoms with E-state index in [1.54, 1.807) is 32.1 Å². The number of carbonyl (C=O) groups excluding carboxylic acids is 2. The van der Waals surface area contributed by atoms with Gasteiger partial charge in [-0.25, -0.2) is 9.59 Å². The molecule has 3 aromatic carbocycles. The lowest BCUT2D eigenvalue weighted by Crippen LogP contribution is -2.33. The van der Waals surface area contributed by atoms with Gasteiger partial charge in [0.2, 0.25) is 0 Å². The van der Waals surface area contributed by atoms with Crippen LogP contribution in [0.15, 0.2) is 94.1 Å². The summed E-state index contributed by atoms with van der Waals surface area (Å²) in [5.74, 6) is -0.834. The molecule has 0 unspecified atom stereocenters. The third-order valence-corrected chi connectivity index (χ3v) is 5.00. The molecule has 1 heterocycles. The molecule has 6 nitrogen and oxygen atoms in total. The van der Waals surface area contributed by atoms with Crippen molar-refractivity contribution in [2.45, 2.75) is 19.9 Å². The van der Waals surface area contributed by atoms with Gasteiger partial charge in [0.15, 0.2) is 0 Å². The first-order chi connectivity index (χ1) is 16.4. The predicted octanol–water partition coefficient (Wildman–Crippen LogP) is 5.08. The second-order valence-electron chi connectivity index (χ2n) is 8.00. The zero-order valence-corrected chi connectivity index (χ0v) is 18.8. The maximum atomic E-state index is 13.1. The van der Waals surface area contributed by atoms with Crippen molar-refractivity contribution in [3.63, 3.8) is 0 Å². The zero-order valence-electron chi connectivity index (χ0n) is 18.8. The van der Waals surface area contributed by atoms with Crippen molar-refractivity contribution in [2.75, 3.05) is 0 Å². The molecule has 1 aromatic heterocycles. The molecule has 0 fully saturated rings. The average Bonchev–Trinajstić information content (AvgIpc) is 2.82. The average molecular weight is 453 g/mol. The summed E-state index contributed by atoms with van der Waals surface area (Å²) in [4.78, 5) is 37.7. The van der Waals surface area contributed by atoms with Gasteiger partial charge in [-0.1, -0.05) is 60.7 Å². The highest BCUT2D eigenvalue weighted by Crippen LogP contribution is 2.25. The SMILES string of the molecule is CC(C)NC(=O)c1cc2ccc(OC(=O)/C(=C/c3ccccc3)c3ccccc3)cc2oc1=O. The third kappa shape index (κ3) is 5.30. The fraction of sp³-hybridized carbons (Fsp3) is 0.107. The number of esters is 1. The van der Waals surface area contributed by atoms with Crippen LogP contribution in [0.25, 0.3) is 22.6 Å². The molecule has 0 radical (unpaired) electrons. The Hall–Kier alpha value is -4.45. The van der Waals surface area contributed by atoms with E-state index in [-0.39, 0.29) is 22.9 Å². The van der Waals surface area contributed by atoms with Crippen LogP contribution < -0.4 is 15.7 Å². The first-order valence-electron chi connectivity index (χ1n) is 10.8. The number of ether oxygens (including phenoxy) is 1. The lowest BCUT2D eigenvalue weighted by atomic mass is 10.0. The van der Waals surface area contributed by atoms with E-state index in [9.17, 15) is 14.4 Å². The lowest BCUT2D eigenvalue weighted by Gasteiger charge is -2.10. The van der Waals surface area contributed by atoms with E-state index >= 15 is 0 Å². The van der Waals surface area contributed by atoms with Crippen LogP contribution >= 0.6 is 0 Å². The highest BCUT2D eigenvalue weighted by molar-refractivity contribution is 6.22. The molecule has 0 aliphatic heterocycles. The van der Waals surface area contributed by atoms with E-state index in [0.717, 1.165) is 5.56 Å². The third-order valence-electron chi connectivity index (χ3n) is 5.00. The molecule has 0 atom stereocenters. The highest BCUT2D eigenvalue weighted by Gasteiger charge is 2.17. The van der Waals surface area contributed by atoms with Gasteiger partial charge in [-0.05, 0) is 49.2 Å². The molecule has 4 aromatic rings. The van der Waals surface area contributed by atoms with Gasteiger partial charge >= 0.3 is 11.6 Å². The van der Waals surface area contributed by atoms with Gasteiger partial charge < -0.3 is 14.5 Å². The molecule has 4 rings (SSSR count). The molecular formula is C28H23NO5. The molecular weight excluding hydrogens is 430 g/mol. The molecule has 6 heteroatoms. The lowest BCUT2D eigenvalue weighted by molar-refractivity contribution is -0.127. The number of amides is 1. The molecule has 0 aliphatic rings. The van der Waals surface area contributed by atoms with Crippen LogP contribution in [0, 0.1) is 0 Å². The van der Waals surface area contributed by atoms with Crippen molar-refractivity contribution in [1.29, 1.82) is 0 Å². The van der Waals surface area contributed by atoms with E-state index < -0.39 is 17.5 Å². The normalized spacial score (nSPS) is 11.4. The molecule has 1 amide bonds. The van der Waals surface area contributed by atoms with Crippen molar-refractivity contribution >= 4 is 34.5 Å². The van der Waals surface area contributed by atoms with Gasteiger partial charge in [0.1, 0.15) is 16.9 Å². The van der Waals surface area contributed by atoms with Crippen LogP contribution in [0.2, 0.25) is 0 Å². The summed E-state index contributed by atoms with van der Waals surface area (Å²) >= 11 is 0. The molecule has 1 N–H and O–H groups in total. The van der Waals surface area contributed by atoms with Crippen molar-refractivity contribution in [1.82, 2.24) is 5.32 Å². The molecule has 34 heavy (non-hydrogen) atoms. The van der Waals surface area contributed by atoms with Crippen LogP contribution in [0.1, 0.15) is 35.3 Å². The maximum Gasteiger partial charge on any atom is 0.349 e. The molecule has 0 saturated carbocycles. The largest absolute Gasteiger partial charge is 0.423 e. The quantitative estimate of drug-likeness (QED) is 0.145. The Morgan fingerprint density at radius 3 is 2.26 bits per heavy atom. The van der Waals surface area contributed by atoms with Crippen molar-refractivity contribution in [3.05, 3.63) is 112 Å². The molecule has 0 saturated heterocycles. The van der Waals surface area contributed by atoms with E-state index in [1.807, 2.05) is 60.7 Å². The van der Waals surface area contributed by atoms with Gasteiger partial charge in [-0.15, -0.1) is 0 Å². The highest BCUT2D eigenvalue weighted by atomic mass is 16.5. The fourth-order valence-electron chi connectivity index (χ4n) is 3.41. The minimum absolute atomic E-state index is 0.0805. The zero-order chi connectivity index (χ0) is 24.1. The first-order valence-corrected chi connectivity index (χ1v) is 10.8. The molecule has 0 aliphatic carbocycles. The smallest absolute Gasteiger partial charge is 0.349 e. The predicted molar refractivity (Wildman–Crippen MR) is 131 cm³/mol. The summed E-state index contributed by atoms with van der Waals surface area (Å²) in [6.07, 6.45) is 1.76. The molecule has 0 bridgehead atoms. The Morgan fingerprint density at radius 2 is 1.59 bits per heavy atom. The molecule has 0 spiro atoms. The van der Waals surface area contributed by atoms with Gasteiger partial charge in [0.05, 0.1) is 5.57 Å². The Labute approximate surface area is 196 Å². The number of benzene rings is 3. The number of hydrogen-bond acceptors (Lipinski definition) is 5. The van der Waals surface area contributed by atoms with Crippen molar-refractivity contribution < 1.29 is 18.7 Å². The Kier molecular flexibility index (Phi) is 6.69.